The lowest BCUT2D eigenvalue weighted by Gasteiger charge is -2.28. The average molecular weight is 663 g/mol. The number of ether oxygens (including phenoxy) is 2. The quantitative estimate of drug-likeness (QED) is 0.143. The molecule has 1 N–H and O–H groups in total. The van der Waals surface area contributed by atoms with E-state index in [1.807, 2.05) is 0 Å². The number of rotatable bonds is 11. The monoisotopic (exact) mass is 662 g/mol. The Morgan fingerprint density at radius 2 is 1.78 bits per heavy atom. The second-order valence-corrected chi connectivity index (χ2v) is 13.0. The van der Waals surface area contributed by atoms with Crippen LogP contribution in [-0.4, -0.2) is 60.4 Å². The Labute approximate surface area is 255 Å². The second kappa shape index (κ2) is 13.8. The molecule has 16 heteroatoms. The highest BCUT2D eigenvalue weighted by atomic mass is 32.2. The Balaban J connectivity index is 1.29. The average Bonchev–Trinajstić information content (AvgIpc) is 3.40. The summed E-state index contributed by atoms with van der Waals surface area (Å²) in [5, 5.41) is 6.89. The van der Waals surface area contributed by atoms with Crippen LogP contribution in [-0.2, 0) is 37.3 Å². The van der Waals surface area contributed by atoms with E-state index in [4.69, 9.17) is 4.74 Å². The van der Waals surface area contributed by atoms with E-state index in [0.29, 0.717) is 36.9 Å². The zero-order chi connectivity index (χ0) is 33.0. The summed E-state index contributed by atoms with van der Waals surface area (Å²) in [5.41, 5.74) is -0.0160. The minimum absolute atomic E-state index is 0.0795. The van der Waals surface area contributed by atoms with E-state index in [-0.39, 0.29) is 59.4 Å². The summed E-state index contributed by atoms with van der Waals surface area (Å²) < 4.78 is 115. The van der Waals surface area contributed by atoms with Gasteiger partial charge < -0.3 is 14.8 Å². The van der Waals surface area contributed by atoms with E-state index in [2.05, 4.69) is 20.1 Å². The molecule has 1 saturated carbocycles. The summed E-state index contributed by atoms with van der Waals surface area (Å²) in [7, 11) is -2.09. The highest BCUT2D eigenvalue weighted by Crippen LogP contribution is 2.37. The van der Waals surface area contributed by atoms with Gasteiger partial charge in [-0.3, -0.25) is 4.68 Å². The minimum atomic E-state index is -5.02. The van der Waals surface area contributed by atoms with Gasteiger partial charge >= 0.3 is 18.3 Å². The number of carbonyl (C=O) groups excluding carboxylic acids is 1. The molecule has 0 atom stereocenters. The van der Waals surface area contributed by atoms with Crippen molar-refractivity contribution < 1.29 is 49.0 Å². The van der Waals surface area contributed by atoms with Gasteiger partial charge in [-0.25, -0.2) is 18.2 Å². The molecule has 1 aliphatic rings. The highest BCUT2D eigenvalue weighted by Gasteiger charge is 2.41. The molecule has 246 valence electrons. The molecule has 0 spiro atoms. The fourth-order valence-corrected chi connectivity index (χ4v) is 6.35. The molecule has 2 heterocycles. The fraction of sp³-hybridized carbons (Fsp3) is 0.483. The molecule has 1 fully saturated rings. The molecule has 4 rings (SSSR count). The van der Waals surface area contributed by atoms with Gasteiger partial charge in [0.1, 0.15) is 5.82 Å². The first-order valence-electron chi connectivity index (χ1n) is 14.1. The second-order valence-electron chi connectivity index (χ2n) is 10.9. The third kappa shape index (κ3) is 9.19. The van der Waals surface area contributed by atoms with Crippen LogP contribution in [0, 0.1) is 12.8 Å². The first-order valence-corrected chi connectivity index (χ1v) is 15.7. The molecule has 2 aromatic heterocycles. The molecule has 0 amide bonds. The normalized spacial score (nSPS) is 17.7. The van der Waals surface area contributed by atoms with Gasteiger partial charge in [0.15, 0.2) is 9.84 Å². The molecule has 45 heavy (non-hydrogen) atoms. The molecule has 0 radical (unpaired) electrons. The Hall–Kier alpha value is -3.66. The van der Waals surface area contributed by atoms with Crippen LogP contribution in [0.25, 0.3) is 11.3 Å². The highest BCUT2D eigenvalue weighted by molar-refractivity contribution is 7.91. The summed E-state index contributed by atoms with van der Waals surface area (Å²) >= 11 is 0. The number of alkyl halides is 6. The van der Waals surface area contributed by atoms with Gasteiger partial charge in [0.25, 0.3) is 0 Å². The number of hydrogen-bond donors (Lipinski definition) is 1. The van der Waals surface area contributed by atoms with Crippen LogP contribution < -0.4 is 5.32 Å². The molecular formula is C29H32F6N4O5S. The van der Waals surface area contributed by atoms with Gasteiger partial charge in [-0.1, -0.05) is 0 Å². The topological polar surface area (TPSA) is 112 Å². The summed E-state index contributed by atoms with van der Waals surface area (Å²) in [4.78, 5) is 15.1. The zero-order valence-corrected chi connectivity index (χ0v) is 25.2. The standard InChI is InChI=1S/C29H32F6N4O5S/c1-18-14-22(45(41,42)13-3-12-43-21-6-4-19(5-7-21)17-44-27(40)29(33,34)35)8-10-24(18)37-25-11-9-23(28(30,31)32)26(38-25)20-15-36-39(2)16-20/h8-11,14-16,19,21H,3-7,12-13,17H2,1-2H3,(H,37,38). The maximum atomic E-state index is 13.6. The van der Waals surface area contributed by atoms with Crippen molar-refractivity contribution in [2.45, 2.75) is 62.4 Å². The molecule has 0 aliphatic heterocycles. The van der Waals surface area contributed by atoms with E-state index in [0.717, 1.165) is 6.07 Å². The van der Waals surface area contributed by atoms with Crippen molar-refractivity contribution in [1.82, 2.24) is 14.8 Å². The lowest BCUT2D eigenvalue weighted by Crippen LogP contribution is -2.30. The van der Waals surface area contributed by atoms with Crippen LogP contribution in [0.2, 0.25) is 0 Å². The van der Waals surface area contributed by atoms with Crippen molar-refractivity contribution in [1.29, 1.82) is 0 Å². The third-order valence-corrected chi connectivity index (χ3v) is 9.18. The van der Waals surface area contributed by atoms with Crippen molar-refractivity contribution in [3.05, 3.63) is 53.9 Å². The number of benzene rings is 1. The number of sulfone groups is 1. The number of aromatic nitrogens is 3. The predicted octanol–water partition coefficient (Wildman–Crippen LogP) is 6.40. The fourth-order valence-electron chi connectivity index (χ4n) is 4.99. The lowest BCUT2D eigenvalue weighted by atomic mass is 9.88. The summed E-state index contributed by atoms with van der Waals surface area (Å²) in [6.07, 6.45) is -4.70. The van der Waals surface area contributed by atoms with E-state index >= 15 is 0 Å². The predicted molar refractivity (Wildman–Crippen MR) is 151 cm³/mol. The van der Waals surface area contributed by atoms with Crippen molar-refractivity contribution in [3.63, 3.8) is 0 Å². The van der Waals surface area contributed by atoms with E-state index < -0.39 is 33.7 Å². The number of aryl methyl sites for hydroxylation is 2. The smallest absolute Gasteiger partial charge is 0.459 e. The van der Waals surface area contributed by atoms with Gasteiger partial charge in [-0.2, -0.15) is 31.4 Å². The number of hydrogen-bond acceptors (Lipinski definition) is 8. The molecule has 0 bridgehead atoms. The van der Waals surface area contributed by atoms with E-state index in [1.54, 1.807) is 14.0 Å². The van der Waals surface area contributed by atoms with Crippen molar-refractivity contribution >= 4 is 27.3 Å². The van der Waals surface area contributed by atoms with Gasteiger partial charge in [-0.15, -0.1) is 0 Å². The molecular weight excluding hydrogens is 630 g/mol. The number of halogens is 6. The van der Waals surface area contributed by atoms with Gasteiger partial charge in [0.05, 0.1) is 40.8 Å². The van der Waals surface area contributed by atoms with Gasteiger partial charge in [-0.05, 0) is 80.8 Å². The number of pyridine rings is 1. The molecule has 9 nitrogen and oxygen atoms in total. The van der Waals surface area contributed by atoms with Crippen molar-refractivity contribution in [3.8, 4) is 11.3 Å². The molecule has 3 aromatic rings. The maximum absolute atomic E-state index is 13.6. The third-order valence-electron chi connectivity index (χ3n) is 7.39. The number of esters is 1. The van der Waals surface area contributed by atoms with Crippen LogP contribution in [0.3, 0.4) is 0 Å². The summed E-state index contributed by atoms with van der Waals surface area (Å²) in [6.45, 7) is 1.54. The van der Waals surface area contributed by atoms with Gasteiger partial charge in [0, 0.05) is 31.1 Å². The Kier molecular flexibility index (Phi) is 10.5. The molecule has 1 aliphatic carbocycles. The largest absolute Gasteiger partial charge is 0.490 e. The van der Waals surface area contributed by atoms with Crippen LogP contribution in [0.5, 0.6) is 0 Å². The Bertz CT molecular complexity index is 1600. The summed E-state index contributed by atoms with van der Waals surface area (Å²) in [5.74, 6) is -2.43. The number of nitrogens with zero attached hydrogens (tertiary/aromatic N) is 3. The van der Waals surface area contributed by atoms with Crippen LogP contribution >= 0.6 is 0 Å². The van der Waals surface area contributed by atoms with Gasteiger partial charge in [0.2, 0.25) is 0 Å². The van der Waals surface area contributed by atoms with Crippen LogP contribution in [0.4, 0.5) is 37.8 Å². The van der Waals surface area contributed by atoms with Crippen LogP contribution in [0.15, 0.2) is 47.6 Å². The SMILES string of the molecule is Cc1cc(S(=O)(=O)CCCOC2CCC(COC(=O)C(F)(F)F)CC2)ccc1Nc1ccc(C(F)(F)F)c(-c2cnn(C)c2)n1. The van der Waals surface area contributed by atoms with Crippen LogP contribution in [0.1, 0.15) is 43.2 Å². The number of carbonyl (C=O) groups is 1. The Morgan fingerprint density at radius 3 is 2.38 bits per heavy atom. The van der Waals surface area contributed by atoms with E-state index in [9.17, 15) is 39.6 Å². The molecule has 0 saturated heterocycles. The van der Waals surface area contributed by atoms with E-state index in [1.165, 1.54) is 41.3 Å². The first kappa shape index (κ1) is 34.2. The summed E-state index contributed by atoms with van der Waals surface area (Å²) in [6, 6.07) is 6.52. The zero-order valence-electron chi connectivity index (χ0n) is 24.4. The minimum Gasteiger partial charge on any atom is -0.459 e. The number of nitrogens with one attached hydrogen (secondary N) is 1. The first-order chi connectivity index (χ1) is 21.0. The molecule has 1 aromatic carbocycles. The van der Waals surface area contributed by atoms with Crippen molar-refractivity contribution in [2.24, 2.45) is 13.0 Å². The number of anilines is 2. The lowest BCUT2D eigenvalue weighted by molar-refractivity contribution is -0.201. The maximum Gasteiger partial charge on any atom is 0.490 e. The molecule has 0 unspecified atom stereocenters. The van der Waals surface area contributed by atoms with Crippen molar-refractivity contribution in [2.75, 3.05) is 24.3 Å². The Morgan fingerprint density at radius 1 is 1.07 bits per heavy atom.